The van der Waals surface area contributed by atoms with Gasteiger partial charge >= 0.3 is 5.97 Å². The van der Waals surface area contributed by atoms with Crippen LogP contribution in [0.2, 0.25) is 0 Å². The van der Waals surface area contributed by atoms with Gasteiger partial charge in [-0.25, -0.2) is 4.79 Å². The number of carboxylic acids is 1. The van der Waals surface area contributed by atoms with E-state index >= 15 is 0 Å². The highest BCUT2D eigenvalue weighted by Crippen LogP contribution is 2.22. The number of rotatable bonds is 7. The van der Waals surface area contributed by atoms with Crippen LogP contribution in [-0.2, 0) is 22.6 Å². The topological polar surface area (TPSA) is 71.3 Å². The minimum Gasteiger partial charge on any atom is -0.480 e. The summed E-state index contributed by atoms with van der Waals surface area (Å²) in [5, 5.41) is 13.1. The molecule has 2 rings (SSSR count). The number of aliphatic carboxylic acids is 1. The average molecular weight is 316 g/mol. The third-order valence-electron chi connectivity index (χ3n) is 4.20. The van der Waals surface area contributed by atoms with E-state index < -0.39 is 11.5 Å². The summed E-state index contributed by atoms with van der Waals surface area (Å²) in [4.78, 5) is 23.8. The molecule has 0 saturated carbocycles. The van der Waals surface area contributed by atoms with Gasteiger partial charge in [0.05, 0.1) is 6.42 Å². The van der Waals surface area contributed by atoms with Gasteiger partial charge < -0.3 is 15.0 Å². The summed E-state index contributed by atoms with van der Waals surface area (Å²) in [5.41, 5.74) is 0.797. The molecule has 1 unspecified atom stereocenters. The fourth-order valence-corrected chi connectivity index (χ4v) is 2.97. The zero-order chi connectivity index (χ0) is 17.0. The number of carbonyl (C=O) groups excluding carboxylic acids is 1. The molecule has 0 aliphatic carbocycles. The number of carbonyl (C=O) groups is 2. The molecular formula is C18H24N2O3. The first kappa shape index (κ1) is 17.1. The lowest BCUT2D eigenvalue weighted by Crippen LogP contribution is -2.52. The zero-order valence-corrected chi connectivity index (χ0v) is 13.9. The van der Waals surface area contributed by atoms with Crippen LogP contribution < -0.4 is 5.32 Å². The number of hydrogen-bond acceptors (Lipinski definition) is 2. The van der Waals surface area contributed by atoms with Gasteiger partial charge in [-0.05, 0) is 31.9 Å². The highest BCUT2D eigenvalue weighted by Gasteiger charge is 2.33. The number of fused-ring (bicyclic) bond motifs is 1. The third-order valence-corrected chi connectivity index (χ3v) is 4.20. The summed E-state index contributed by atoms with van der Waals surface area (Å²) in [6.07, 6.45) is 3.26. The Kier molecular flexibility index (Phi) is 5.08. The van der Waals surface area contributed by atoms with Crippen molar-refractivity contribution < 1.29 is 14.7 Å². The third kappa shape index (κ3) is 3.55. The highest BCUT2D eigenvalue weighted by atomic mass is 16.4. The molecule has 1 amide bonds. The zero-order valence-electron chi connectivity index (χ0n) is 13.9. The number of nitrogens with zero attached hydrogens (tertiary/aromatic N) is 1. The van der Waals surface area contributed by atoms with Crippen molar-refractivity contribution in [2.75, 3.05) is 0 Å². The van der Waals surface area contributed by atoms with Crippen molar-refractivity contribution in [2.45, 2.75) is 52.1 Å². The molecule has 0 saturated heterocycles. The number of benzene rings is 1. The Bertz CT molecular complexity index is 720. The molecule has 2 N–H and O–H groups in total. The van der Waals surface area contributed by atoms with Crippen molar-refractivity contribution in [2.24, 2.45) is 0 Å². The highest BCUT2D eigenvalue weighted by molar-refractivity contribution is 5.92. The summed E-state index contributed by atoms with van der Waals surface area (Å²) < 4.78 is 2.10. The molecule has 0 radical (unpaired) electrons. The van der Waals surface area contributed by atoms with E-state index in [0.717, 1.165) is 23.0 Å². The number of carboxylic acid groups (broad SMARTS) is 1. The van der Waals surface area contributed by atoms with E-state index in [9.17, 15) is 14.7 Å². The van der Waals surface area contributed by atoms with Crippen LogP contribution in [0.3, 0.4) is 0 Å². The van der Waals surface area contributed by atoms with Gasteiger partial charge in [-0.15, -0.1) is 0 Å². The summed E-state index contributed by atoms with van der Waals surface area (Å²) in [7, 11) is 0. The van der Waals surface area contributed by atoms with Crippen molar-refractivity contribution in [1.29, 1.82) is 0 Å². The maximum absolute atomic E-state index is 12.4. The van der Waals surface area contributed by atoms with E-state index in [4.69, 9.17) is 0 Å². The van der Waals surface area contributed by atoms with Crippen LogP contribution in [0.25, 0.3) is 10.9 Å². The predicted molar refractivity (Wildman–Crippen MR) is 90.4 cm³/mol. The fraction of sp³-hybridized carbons (Fsp3) is 0.444. The predicted octanol–water partition coefficient (Wildman–Crippen LogP) is 2.96. The Balaban J connectivity index is 2.22. The van der Waals surface area contributed by atoms with Crippen molar-refractivity contribution in [3.05, 3.63) is 36.0 Å². The molecule has 1 heterocycles. The van der Waals surface area contributed by atoms with E-state index in [1.807, 2.05) is 37.4 Å². The van der Waals surface area contributed by atoms with Gasteiger partial charge in [-0.1, -0.05) is 31.5 Å². The Hall–Kier alpha value is -2.30. The first-order valence-corrected chi connectivity index (χ1v) is 8.02. The van der Waals surface area contributed by atoms with Gasteiger partial charge in [-0.2, -0.15) is 0 Å². The van der Waals surface area contributed by atoms with E-state index in [1.165, 1.54) is 0 Å². The molecular weight excluding hydrogens is 292 g/mol. The summed E-state index contributed by atoms with van der Waals surface area (Å²) in [5.74, 6) is -1.26. The molecule has 5 heteroatoms. The van der Waals surface area contributed by atoms with Gasteiger partial charge in [0.2, 0.25) is 5.91 Å². The van der Waals surface area contributed by atoms with Crippen LogP contribution in [0.5, 0.6) is 0 Å². The van der Waals surface area contributed by atoms with Crippen molar-refractivity contribution in [3.63, 3.8) is 0 Å². The van der Waals surface area contributed by atoms with Crippen molar-refractivity contribution >= 4 is 22.8 Å². The fourth-order valence-electron chi connectivity index (χ4n) is 2.97. The molecule has 1 aromatic heterocycles. The molecule has 5 nitrogen and oxygen atoms in total. The lowest BCUT2D eigenvalue weighted by molar-refractivity contribution is -0.147. The molecule has 0 bridgehead atoms. The van der Waals surface area contributed by atoms with Crippen molar-refractivity contribution in [3.8, 4) is 0 Å². The van der Waals surface area contributed by atoms with E-state index in [0.29, 0.717) is 12.8 Å². The van der Waals surface area contributed by atoms with Gasteiger partial charge in [0.1, 0.15) is 5.54 Å². The largest absolute Gasteiger partial charge is 0.480 e. The van der Waals surface area contributed by atoms with Gasteiger partial charge in [0, 0.05) is 23.6 Å². The maximum Gasteiger partial charge on any atom is 0.329 e. The first-order chi connectivity index (χ1) is 10.9. The van der Waals surface area contributed by atoms with Gasteiger partial charge in [0.15, 0.2) is 0 Å². The van der Waals surface area contributed by atoms with Gasteiger partial charge in [0.25, 0.3) is 0 Å². The Morgan fingerprint density at radius 3 is 2.57 bits per heavy atom. The first-order valence-electron chi connectivity index (χ1n) is 8.02. The van der Waals surface area contributed by atoms with Crippen LogP contribution in [0.15, 0.2) is 30.5 Å². The van der Waals surface area contributed by atoms with Crippen LogP contribution in [-0.4, -0.2) is 27.1 Å². The number of nitrogens with one attached hydrogen (secondary N) is 1. The monoisotopic (exact) mass is 316 g/mol. The molecule has 0 spiro atoms. The number of aromatic nitrogens is 1. The SMILES string of the molecule is CCCC(C)(NC(=O)Cc1cn(CC)c2ccccc12)C(=O)O. The molecule has 124 valence electrons. The molecule has 1 atom stereocenters. The van der Waals surface area contributed by atoms with Crippen LogP contribution in [0, 0.1) is 0 Å². The molecule has 1 aromatic carbocycles. The normalized spacial score (nSPS) is 13.7. The minimum atomic E-state index is -1.21. The lowest BCUT2D eigenvalue weighted by atomic mass is 9.96. The van der Waals surface area contributed by atoms with Crippen LogP contribution >= 0.6 is 0 Å². The van der Waals surface area contributed by atoms with E-state index in [2.05, 4.69) is 16.8 Å². The number of hydrogen-bond donors (Lipinski definition) is 2. The standard InChI is InChI=1S/C18H24N2O3/c1-4-10-18(3,17(22)23)19-16(21)11-13-12-20(5-2)15-9-7-6-8-14(13)15/h6-9,12H,4-5,10-11H2,1-3H3,(H,19,21)(H,22,23). The van der Waals surface area contributed by atoms with E-state index in [-0.39, 0.29) is 12.3 Å². The molecule has 0 aliphatic heterocycles. The van der Waals surface area contributed by atoms with Crippen LogP contribution in [0.4, 0.5) is 0 Å². The number of amides is 1. The van der Waals surface area contributed by atoms with Gasteiger partial charge in [-0.3, -0.25) is 4.79 Å². The Labute approximate surface area is 136 Å². The average Bonchev–Trinajstić information content (AvgIpc) is 2.85. The quantitative estimate of drug-likeness (QED) is 0.825. The number of para-hydroxylation sites is 1. The second kappa shape index (κ2) is 6.86. The maximum atomic E-state index is 12.4. The van der Waals surface area contributed by atoms with Crippen molar-refractivity contribution in [1.82, 2.24) is 9.88 Å². The molecule has 23 heavy (non-hydrogen) atoms. The summed E-state index contributed by atoms with van der Waals surface area (Å²) in [6.45, 7) is 6.35. The smallest absolute Gasteiger partial charge is 0.329 e. The lowest BCUT2D eigenvalue weighted by Gasteiger charge is -2.25. The Morgan fingerprint density at radius 1 is 1.26 bits per heavy atom. The molecule has 2 aromatic rings. The second-order valence-electron chi connectivity index (χ2n) is 6.07. The molecule has 0 aliphatic rings. The number of aryl methyl sites for hydroxylation is 1. The van der Waals surface area contributed by atoms with E-state index in [1.54, 1.807) is 6.92 Å². The Morgan fingerprint density at radius 2 is 1.96 bits per heavy atom. The van der Waals surface area contributed by atoms with Crippen LogP contribution in [0.1, 0.15) is 39.2 Å². The summed E-state index contributed by atoms with van der Waals surface area (Å²) in [6, 6.07) is 7.94. The molecule has 0 fully saturated rings. The second-order valence-corrected chi connectivity index (χ2v) is 6.07. The summed E-state index contributed by atoms with van der Waals surface area (Å²) >= 11 is 0. The minimum absolute atomic E-state index is 0.181.